The maximum atomic E-state index is 10.7. The first kappa shape index (κ1) is 13.0. The van der Waals surface area contributed by atoms with E-state index < -0.39 is 5.97 Å². The lowest BCUT2D eigenvalue weighted by Gasteiger charge is -2.22. The second kappa shape index (κ2) is 5.48. The monoisotopic (exact) mass is 270 g/mol. The molecule has 1 N–H and O–H groups in total. The number of halogens is 1. The third-order valence-electron chi connectivity index (χ3n) is 2.93. The van der Waals surface area contributed by atoms with E-state index >= 15 is 0 Å². The van der Waals surface area contributed by atoms with Crippen molar-refractivity contribution in [3.05, 3.63) is 22.2 Å². The van der Waals surface area contributed by atoms with Crippen molar-refractivity contribution in [3.8, 4) is 11.5 Å². The van der Waals surface area contributed by atoms with Crippen molar-refractivity contribution in [1.29, 1.82) is 0 Å². The number of rotatable bonds is 4. The molecule has 0 fully saturated rings. The molecule has 0 bridgehead atoms. The van der Waals surface area contributed by atoms with E-state index in [1.807, 2.05) is 13.0 Å². The molecule has 0 aliphatic carbocycles. The smallest absolute Gasteiger partial charge is 0.303 e. The zero-order chi connectivity index (χ0) is 13.1. The van der Waals surface area contributed by atoms with Gasteiger partial charge in [-0.3, -0.25) is 4.79 Å². The number of carboxylic acid groups (broad SMARTS) is 1. The fourth-order valence-corrected chi connectivity index (χ4v) is 2.48. The fraction of sp³-hybridized carbons (Fsp3) is 0.462. The van der Waals surface area contributed by atoms with Crippen LogP contribution in [0.1, 0.15) is 24.5 Å². The summed E-state index contributed by atoms with van der Waals surface area (Å²) in [7, 11) is 0. The third kappa shape index (κ3) is 2.53. The fourth-order valence-electron chi connectivity index (χ4n) is 2.08. The second-order valence-electron chi connectivity index (χ2n) is 4.10. The molecule has 0 aromatic heterocycles. The number of carbonyl (C=O) groups is 1. The molecule has 0 amide bonds. The number of hydrogen-bond acceptors (Lipinski definition) is 3. The van der Waals surface area contributed by atoms with Crippen LogP contribution >= 0.6 is 11.6 Å². The van der Waals surface area contributed by atoms with Gasteiger partial charge in [-0.25, -0.2) is 0 Å². The van der Waals surface area contributed by atoms with Crippen LogP contribution in [-0.4, -0.2) is 24.3 Å². The van der Waals surface area contributed by atoms with Gasteiger partial charge in [0.15, 0.2) is 11.5 Å². The van der Waals surface area contributed by atoms with Gasteiger partial charge in [0.05, 0.1) is 5.02 Å². The summed E-state index contributed by atoms with van der Waals surface area (Å²) < 4.78 is 11.0. The minimum Gasteiger partial charge on any atom is -0.486 e. The van der Waals surface area contributed by atoms with Crippen LogP contribution in [0.25, 0.3) is 0 Å². The predicted octanol–water partition coefficient (Wildman–Crippen LogP) is 2.69. The molecule has 0 atom stereocenters. The summed E-state index contributed by atoms with van der Waals surface area (Å²) in [6.07, 6.45) is 1.28. The standard InChI is InChI=1S/C13H15ClO4/c1-2-9-8(3-4-11(15)16)7-10-13(12(9)14)18-6-5-17-10/h7H,2-6H2,1H3,(H,15,16). The van der Waals surface area contributed by atoms with E-state index in [0.29, 0.717) is 36.2 Å². The molecule has 2 rings (SSSR count). The van der Waals surface area contributed by atoms with Crippen molar-refractivity contribution in [3.63, 3.8) is 0 Å². The van der Waals surface area contributed by atoms with E-state index in [0.717, 1.165) is 17.5 Å². The Hall–Kier alpha value is -1.42. The van der Waals surface area contributed by atoms with Crippen molar-refractivity contribution < 1.29 is 19.4 Å². The summed E-state index contributed by atoms with van der Waals surface area (Å²) in [6.45, 7) is 2.97. The van der Waals surface area contributed by atoms with Crippen LogP contribution in [0.5, 0.6) is 11.5 Å². The van der Waals surface area contributed by atoms with Gasteiger partial charge in [-0.15, -0.1) is 0 Å². The van der Waals surface area contributed by atoms with Crippen LogP contribution in [0.15, 0.2) is 6.07 Å². The molecule has 0 unspecified atom stereocenters. The Morgan fingerprint density at radius 1 is 1.44 bits per heavy atom. The van der Waals surface area contributed by atoms with Crippen molar-refractivity contribution >= 4 is 17.6 Å². The van der Waals surface area contributed by atoms with Crippen molar-refractivity contribution in [2.75, 3.05) is 13.2 Å². The normalized spacial score (nSPS) is 13.4. The van der Waals surface area contributed by atoms with Crippen LogP contribution in [0.2, 0.25) is 5.02 Å². The molecule has 0 spiro atoms. The highest BCUT2D eigenvalue weighted by molar-refractivity contribution is 6.33. The van der Waals surface area contributed by atoms with Gasteiger partial charge in [-0.05, 0) is 30.0 Å². The summed E-state index contributed by atoms with van der Waals surface area (Å²) in [6, 6.07) is 1.85. The lowest BCUT2D eigenvalue weighted by molar-refractivity contribution is -0.136. The van der Waals surface area contributed by atoms with E-state index in [1.54, 1.807) is 0 Å². The SMILES string of the molecule is CCc1c(CCC(=O)O)cc2c(c1Cl)OCCO2. The molecule has 1 aromatic carbocycles. The number of aliphatic carboxylic acids is 1. The Kier molecular flexibility index (Phi) is 3.97. The summed E-state index contributed by atoms with van der Waals surface area (Å²) in [5.74, 6) is 0.380. The number of hydrogen-bond donors (Lipinski definition) is 1. The Morgan fingerprint density at radius 2 is 2.17 bits per heavy atom. The molecule has 0 saturated carbocycles. The van der Waals surface area contributed by atoms with Crippen molar-refractivity contribution in [1.82, 2.24) is 0 Å². The molecule has 18 heavy (non-hydrogen) atoms. The Morgan fingerprint density at radius 3 is 2.83 bits per heavy atom. The van der Waals surface area contributed by atoms with Gasteiger partial charge in [-0.1, -0.05) is 18.5 Å². The molecule has 0 saturated heterocycles. The maximum Gasteiger partial charge on any atom is 0.303 e. The van der Waals surface area contributed by atoms with E-state index in [-0.39, 0.29) is 6.42 Å². The molecule has 1 aliphatic heterocycles. The van der Waals surface area contributed by atoms with Gasteiger partial charge in [-0.2, -0.15) is 0 Å². The van der Waals surface area contributed by atoms with Gasteiger partial charge in [0.25, 0.3) is 0 Å². The molecule has 5 heteroatoms. The Bertz CT molecular complexity index is 471. The maximum absolute atomic E-state index is 10.7. The molecule has 98 valence electrons. The summed E-state index contributed by atoms with van der Waals surface area (Å²) in [5.41, 5.74) is 1.87. The first-order valence-corrected chi connectivity index (χ1v) is 6.33. The second-order valence-corrected chi connectivity index (χ2v) is 4.48. The van der Waals surface area contributed by atoms with Crippen molar-refractivity contribution in [2.24, 2.45) is 0 Å². The molecular weight excluding hydrogens is 256 g/mol. The lowest BCUT2D eigenvalue weighted by atomic mass is 9.99. The van der Waals surface area contributed by atoms with Crippen LogP contribution in [0, 0.1) is 0 Å². The average molecular weight is 271 g/mol. The summed E-state index contributed by atoms with van der Waals surface area (Å²) >= 11 is 6.29. The van der Waals surface area contributed by atoms with Gasteiger partial charge >= 0.3 is 5.97 Å². The highest BCUT2D eigenvalue weighted by Crippen LogP contribution is 2.41. The molecule has 4 nitrogen and oxygen atoms in total. The van der Waals surface area contributed by atoms with Gasteiger partial charge < -0.3 is 14.6 Å². The number of aryl methyl sites for hydroxylation is 1. The third-order valence-corrected chi connectivity index (χ3v) is 3.33. The Balaban J connectivity index is 2.38. The van der Waals surface area contributed by atoms with Crippen LogP contribution in [0.4, 0.5) is 0 Å². The minimum absolute atomic E-state index is 0.0863. The van der Waals surface area contributed by atoms with Crippen LogP contribution in [-0.2, 0) is 17.6 Å². The number of carboxylic acids is 1. The zero-order valence-corrected chi connectivity index (χ0v) is 10.9. The number of benzene rings is 1. The number of fused-ring (bicyclic) bond motifs is 1. The van der Waals surface area contributed by atoms with E-state index in [4.69, 9.17) is 26.2 Å². The summed E-state index contributed by atoms with van der Waals surface area (Å²) in [5, 5.41) is 9.31. The van der Waals surface area contributed by atoms with Gasteiger partial charge in [0.2, 0.25) is 0 Å². The van der Waals surface area contributed by atoms with Gasteiger partial charge in [0, 0.05) is 6.42 Å². The molecular formula is C13H15ClO4. The molecule has 1 aromatic rings. The molecule has 0 radical (unpaired) electrons. The molecule has 1 aliphatic rings. The van der Waals surface area contributed by atoms with Crippen LogP contribution in [0.3, 0.4) is 0 Å². The van der Waals surface area contributed by atoms with Gasteiger partial charge in [0.1, 0.15) is 13.2 Å². The largest absolute Gasteiger partial charge is 0.486 e. The van der Waals surface area contributed by atoms with E-state index in [2.05, 4.69) is 0 Å². The first-order valence-electron chi connectivity index (χ1n) is 5.95. The number of ether oxygens (including phenoxy) is 2. The van der Waals surface area contributed by atoms with E-state index in [1.165, 1.54) is 0 Å². The highest BCUT2D eigenvalue weighted by Gasteiger charge is 2.21. The van der Waals surface area contributed by atoms with Crippen LogP contribution < -0.4 is 9.47 Å². The highest BCUT2D eigenvalue weighted by atomic mass is 35.5. The predicted molar refractivity (Wildman–Crippen MR) is 67.8 cm³/mol. The van der Waals surface area contributed by atoms with Crippen molar-refractivity contribution in [2.45, 2.75) is 26.2 Å². The quantitative estimate of drug-likeness (QED) is 0.914. The van der Waals surface area contributed by atoms with E-state index in [9.17, 15) is 4.79 Å². The first-order chi connectivity index (χ1) is 8.63. The zero-order valence-electron chi connectivity index (χ0n) is 10.2. The average Bonchev–Trinajstić information content (AvgIpc) is 2.36. The summed E-state index contributed by atoms with van der Waals surface area (Å²) in [4.78, 5) is 10.7. The minimum atomic E-state index is -0.817. The lowest BCUT2D eigenvalue weighted by Crippen LogP contribution is -2.17. The topological polar surface area (TPSA) is 55.8 Å². The Labute approximate surface area is 110 Å². The molecule has 1 heterocycles.